The summed E-state index contributed by atoms with van der Waals surface area (Å²) < 4.78 is 0. The summed E-state index contributed by atoms with van der Waals surface area (Å²) in [6.45, 7) is 9.73. The summed E-state index contributed by atoms with van der Waals surface area (Å²) in [6.07, 6.45) is 5.78. The maximum absolute atomic E-state index is 3.81. The second kappa shape index (κ2) is 5.66. The van der Waals surface area contributed by atoms with Crippen molar-refractivity contribution in [1.82, 2.24) is 10.0 Å². The van der Waals surface area contributed by atoms with Crippen LogP contribution in [0, 0.1) is 11.8 Å². The molecule has 0 bridgehead atoms. The molecule has 0 aliphatic carbocycles. The second-order valence-corrected chi connectivity index (χ2v) is 5.23. The van der Waals surface area contributed by atoms with Crippen molar-refractivity contribution in [3.8, 4) is 0 Å². The zero-order valence-corrected chi connectivity index (χ0v) is 10.7. The zero-order chi connectivity index (χ0) is 11.4. The van der Waals surface area contributed by atoms with Crippen LogP contribution in [-0.4, -0.2) is 36.7 Å². The van der Waals surface area contributed by atoms with Crippen molar-refractivity contribution in [1.29, 1.82) is 0 Å². The van der Waals surface area contributed by atoms with E-state index in [2.05, 4.69) is 44.5 Å². The maximum Gasteiger partial charge on any atom is 0.0252 e. The molecule has 1 heterocycles. The van der Waals surface area contributed by atoms with E-state index in [-0.39, 0.29) is 0 Å². The van der Waals surface area contributed by atoms with Gasteiger partial charge in [0.1, 0.15) is 0 Å². The Hall–Kier alpha value is -0.340. The molecule has 88 valence electrons. The number of nitrogens with zero attached hydrogens (tertiary/aromatic N) is 2. The number of hydrogen-bond donors (Lipinski definition) is 0. The van der Waals surface area contributed by atoms with Crippen LogP contribution < -0.4 is 0 Å². The van der Waals surface area contributed by atoms with Crippen molar-refractivity contribution in [3.63, 3.8) is 0 Å². The second-order valence-electron chi connectivity index (χ2n) is 5.23. The highest BCUT2D eigenvalue weighted by Crippen LogP contribution is 2.31. The third-order valence-corrected chi connectivity index (χ3v) is 3.58. The molecule has 0 N–H and O–H groups in total. The predicted octanol–water partition coefficient (Wildman–Crippen LogP) is 2.78. The first-order valence-corrected chi connectivity index (χ1v) is 6.11. The minimum atomic E-state index is 0.727. The third-order valence-electron chi connectivity index (χ3n) is 3.58. The smallest absolute Gasteiger partial charge is 0.0252 e. The van der Waals surface area contributed by atoms with Crippen molar-refractivity contribution in [2.24, 2.45) is 11.8 Å². The van der Waals surface area contributed by atoms with Crippen LogP contribution in [0.1, 0.15) is 33.1 Å². The largest absolute Gasteiger partial charge is 0.248 e. The van der Waals surface area contributed by atoms with Gasteiger partial charge in [-0.25, -0.2) is 10.0 Å². The Morgan fingerprint density at radius 1 is 1.47 bits per heavy atom. The molecule has 2 atom stereocenters. The molecule has 2 heteroatoms. The number of hydrazine groups is 1. The molecule has 2 nitrogen and oxygen atoms in total. The quantitative estimate of drug-likeness (QED) is 0.644. The Bertz CT molecular complexity index is 199. The van der Waals surface area contributed by atoms with Gasteiger partial charge in [0.2, 0.25) is 0 Å². The van der Waals surface area contributed by atoms with Crippen molar-refractivity contribution in [2.75, 3.05) is 20.6 Å². The molecule has 0 spiro atoms. The van der Waals surface area contributed by atoms with Crippen molar-refractivity contribution < 1.29 is 0 Å². The molecular weight excluding hydrogens is 184 g/mol. The van der Waals surface area contributed by atoms with Crippen molar-refractivity contribution in [2.45, 2.75) is 39.2 Å². The molecule has 15 heavy (non-hydrogen) atoms. The first-order valence-electron chi connectivity index (χ1n) is 6.11. The van der Waals surface area contributed by atoms with Gasteiger partial charge in [-0.2, -0.15) is 0 Å². The lowest BCUT2D eigenvalue weighted by Gasteiger charge is -2.30. The first-order chi connectivity index (χ1) is 7.06. The minimum Gasteiger partial charge on any atom is -0.248 e. The Balaban J connectivity index is 2.55. The highest BCUT2D eigenvalue weighted by Gasteiger charge is 2.33. The molecular formula is C13H26N2. The lowest BCUT2D eigenvalue weighted by Crippen LogP contribution is -2.40. The molecule has 1 saturated heterocycles. The molecule has 1 fully saturated rings. The van der Waals surface area contributed by atoms with Gasteiger partial charge >= 0.3 is 0 Å². The van der Waals surface area contributed by atoms with Gasteiger partial charge < -0.3 is 0 Å². The van der Waals surface area contributed by atoms with Crippen LogP contribution in [0.5, 0.6) is 0 Å². The average molecular weight is 210 g/mol. The summed E-state index contributed by atoms with van der Waals surface area (Å²) >= 11 is 0. The van der Waals surface area contributed by atoms with Crippen LogP contribution >= 0.6 is 0 Å². The molecule has 1 aliphatic heterocycles. The van der Waals surface area contributed by atoms with Crippen LogP contribution in [0.4, 0.5) is 0 Å². The highest BCUT2D eigenvalue weighted by molar-refractivity contribution is 4.86. The Morgan fingerprint density at radius 3 is 2.60 bits per heavy atom. The Morgan fingerprint density at radius 2 is 2.13 bits per heavy atom. The lowest BCUT2D eigenvalue weighted by molar-refractivity contribution is 0.00590. The zero-order valence-electron chi connectivity index (χ0n) is 10.7. The minimum absolute atomic E-state index is 0.727. The summed E-state index contributed by atoms with van der Waals surface area (Å²) in [5, 5.41) is 4.78. The van der Waals surface area contributed by atoms with Gasteiger partial charge in [-0.1, -0.05) is 19.9 Å². The average Bonchev–Trinajstić information content (AvgIpc) is 2.58. The van der Waals surface area contributed by atoms with Crippen LogP contribution in [0.3, 0.4) is 0 Å². The molecule has 0 amide bonds. The van der Waals surface area contributed by atoms with Crippen molar-refractivity contribution in [3.05, 3.63) is 12.7 Å². The van der Waals surface area contributed by atoms with E-state index < -0.39 is 0 Å². The van der Waals surface area contributed by atoms with Gasteiger partial charge in [0.15, 0.2) is 0 Å². The SMILES string of the molecule is C=CCC[C@H]1C[C@H](C(C)C)CN1N(C)C. The topological polar surface area (TPSA) is 6.48 Å². The van der Waals surface area contributed by atoms with Gasteiger partial charge in [-0.05, 0) is 31.1 Å². The summed E-state index contributed by atoms with van der Waals surface area (Å²) in [5.41, 5.74) is 0. The summed E-state index contributed by atoms with van der Waals surface area (Å²) in [6, 6.07) is 0.727. The monoisotopic (exact) mass is 210 g/mol. The molecule has 1 aliphatic rings. The molecule has 0 unspecified atom stereocenters. The van der Waals surface area contributed by atoms with Crippen molar-refractivity contribution >= 4 is 0 Å². The first kappa shape index (κ1) is 12.7. The van der Waals surface area contributed by atoms with Crippen LogP contribution in [0.25, 0.3) is 0 Å². The highest BCUT2D eigenvalue weighted by atomic mass is 15.6. The fourth-order valence-corrected chi connectivity index (χ4v) is 2.49. The molecule has 0 aromatic carbocycles. The standard InChI is InChI=1S/C13H26N2/c1-6-7-8-13-9-12(11(2)3)10-15(13)14(4)5/h6,11-13H,1,7-10H2,2-5H3/t12-,13-/m0/s1. The summed E-state index contributed by atoms with van der Waals surface area (Å²) in [7, 11) is 4.31. The van der Waals surface area contributed by atoms with Gasteiger partial charge in [0, 0.05) is 26.7 Å². The van der Waals surface area contributed by atoms with Gasteiger partial charge in [-0.15, -0.1) is 6.58 Å². The van der Waals surface area contributed by atoms with Crippen LogP contribution in [0.2, 0.25) is 0 Å². The number of allylic oxidation sites excluding steroid dienone is 1. The van der Waals surface area contributed by atoms with E-state index in [1.165, 1.54) is 19.4 Å². The molecule has 0 saturated carbocycles. The van der Waals surface area contributed by atoms with Gasteiger partial charge in [0.05, 0.1) is 0 Å². The van der Waals surface area contributed by atoms with E-state index >= 15 is 0 Å². The number of hydrogen-bond acceptors (Lipinski definition) is 2. The fourth-order valence-electron chi connectivity index (χ4n) is 2.49. The van der Waals surface area contributed by atoms with E-state index in [9.17, 15) is 0 Å². The summed E-state index contributed by atoms with van der Waals surface area (Å²) in [5.74, 6) is 1.67. The molecule has 0 aromatic rings. The molecule has 0 radical (unpaired) electrons. The van der Waals surface area contributed by atoms with E-state index in [4.69, 9.17) is 0 Å². The molecule has 0 aromatic heterocycles. The van der Waals surface area contributed by atoms with Gasteiger partial charge in [-0.3, -0.25) is 0 Å². The Kier molecular flexibility index (Phi) is 4.81. The van der Waals surface area contributed by atoms with E-state index in [1.54, 1.807) is 0 Å². The lowest BCUT2D eigenvalue weighted by atomic mass is 9.92. The predicted molar refractivity (Wildman–Crippen MR) is 66.6 cm³/mol. The van der Waals surface area contributed by atoms with Gasteiger partial charge in [0.25, 0.3) is 0 Å². The number of rotatable bonds is 5. The molecule has 1 rings (SSSR count). The van der Waals surface area contributed by atoms with E-state index in [0.717, 1.165) is 24.3 Å². The maximum atomic E-state index is 3.81. The normalized spacial score (nSPS) is 27.9. The third kappa shape index (κ3) is 3.32. The van der Waals surface area contributed by atoms with E-state index in [0.29, 0.717) is 0 Å². The summed E-state index contributed by atoms with van der Waals surface area (Å²) in [4.78, 5) is 0. The fraction of sp³-hybridized carbons (Fsp3) is 0.846. The van der Waals surface area contributed by atoms with Crippen LogP contribution in [0.15, 0.2) is 12.7 Å². The van der Waals surface area contributed by atoms with Crippen LogP contribution in [-0.2, 0) is 0 Å². The Labute approximate surface area is 94.9 Å². The van der Waals surface area contributed by atoms with E-state index in [1.807, 2.05) is 6.08 Å².